The van der Waals surface area contributed by atoms with Crippen LogP contribution in [0.2, 0.25) is 0 Å². The maximum atomic E-state index is 13.1. The van der Waals surface area contributed by atoms with Gasteiger partial charge < -0.3 is 14.2 Å². The van der Waals surface area contributed by atoms with Gasteiger partial charge in [0.05, 0.1) is 12.7 Å². The van der Waals surface area contributed by atoms with E-state index in [0.29, 0.717) is 17.2 Å². The van der Waals surface area contributed by atoms with E-state index in [2.05, 4.69) is 32.6 Å². The molecule has 1 amide bonds. The number of hydrogen-bond donors (Lipinski definition) is 0. The summed E-state index contributed by atoms with van der Waals surface area (Å²) < 4.78 is 7.76. The van der Waals surface area contributed by atoms with Gasteiger partial charge in [-0.2, -0.15) is 11.3 Å². The second-order valence-electron chi connectivity index (χ2n) is 7.49. The summed E-state index contributed by atoms with van der Waals surface area (Å²) in [5, 5.41) is 4.33. The van der Waals surface area contributed by atoms with E-state index < -0.39 is 0 Å². The Hall–Kier alpha value is -2.25. The van der Waals surface area contributed by atoms with Crippen molar-refractivity contribution in [1.29, 1.82) is 0 Å². The summed E-state index contributed by atoms with van der Waals surface area (Å²) in [4.78, 5) is 20.8. The van der Waals surface area contributed by atoms with Crippen LogP contribution in [-0.2, 0) is 13.0 Å². The lowest BCUT2D eigenvalue weighted by Gasteiger charge is -2.32. The fourth-order valence-electron chi connectivity index (χ4n) is 4.04. The molecule has 0 radical (unpaired) electrons. The number of carbonyl (C=O) groups is 1. The number of carbonyl (C=O) groups excluding carboxylic acids is 1. The summed E-state index contributed by atoms with van der Waals surface area (Å²) >= 11 is 3.39. The Morgan fingerprint density at radius 3 is 2.83 bits per heavy atom. The predicted octanol–water partition coefficient (Wildman–Crippen LogP) is 4.94. The summed E-state index contributed by atoms with van der Waals surface area (Å²) in [6, 6.07) is 7.99. The Bertz CT molecular complexity index is 976. The van der Waals surface area contributed by atoms with Gasteiger partial charge in [0.15, 0.2) is 0 Å². The van der Waals surface area contributed by atoms with Crippen molar-refractivity contribution < 1.29 is 9.53 Å². The molecule has 0 atom stereocenters. The molecule has 2 aromatic heterocycles. The van der Waals surface area contributed by atoms with Gasteiger partial charge in [0, 0.05) is 42.8 Å². The van der Waals surface area contributed by atoms with Crippen molar-refractivity contribution in [1.82, 2.24) is 14.5 Å². The molecule has 158 valence electrons. The zero-order chi connectivity index (χ0) is 20.9. The fraction of sp³-hybridized carbons (Fsp3) is 0.391. The minimum atomic E-state index is 0.0544. The first kappa shape index (κ1) is 21.0. The number of thioether (sulfide) groups is 1. The lowest BCUT2D eigenvalue weighted by Crippen LogP contribution is -2.38. The van der Waals surface area contributed by atoms with Gasteiger partial charge in [-0.3, -0.25) is 4.79 Å². The molecule has 3 heterocycles. The second-order valence-corrected chi connectivity index (χ2v) is 9.15. The number of methoxy groups -OCH3 is 1. The van der Waals surface area contributed by atoms with Crippen molar-refractivity contribution >= 4 is 29.0 Å². The van der Waals surface area contributed by atoms with Crippen molar-refractivity contribution in [2.75, 3.05) is 26.5 Å². The molecular formula is C23H27N3O2S2. The molecule has 7 heteroatoms. The quantitative estimate of drug-likeness (QED) is 0.488. The lowest BCUT2D eigenvalue weighted by atomic mass is 9.95. The number of hydrogen-bond acceptors (Lipinski definition) is 5. The van der Waals surface area contributed by atoms with Gasteiger partial charge in [0.2, 0.25) is 0 Å². The largest absolute Gasteiger partial charge is 0.496 e. The minimum Gasteiger partial charge on any atom is -0.496 e. The number of imidazole rings is 1. The molecule has 1 aliphatic rings. The van der Waals surface area contributed by atoms with E-state index in [1.807, 2.05) is 35.6 Å². The van der Waals surface area contributed by atoms with E-state index in [0.717, 1.165) is 49.6 Å². The summed E-state index contributed by atoms with van der Waals surface area (Å²) in [5.74, 6) is 2.25. The van der Waals surface area contributed by atoms with E-state index in [9.17, 15) is 4.79 Å². The SMILES string of the molecule is COc1cc(SC)ccc1C(=O)N1CCC(c2nccn2CCc2ccsc2)CC1. The van der Waals surface area contributed by atoms with E-state index in [1.54, 1.807) is 30.2 Å². The van der Waals surface area contributed by atoms with Crippen LogP contribution in [0.4, 0.5) is 0 Å². The summed E-state index contributed by atoms with van der Waals surface area (Å²) in [6.07, 6.45) is 8.90. The van der Waals surface area contributed by atoms with Crippen LogP contribution in [-0.4, -0.2) is 46.8 Å². The summed E-state index contributed by atoms with van der Waals surface area (Å²) in [7, 11) is 1.62. The highest BCUT2D eigenvalue weighted by Gasteiger charge is 2.28. The van der Waals surface area contributed by atoms with Gasteiger partial charge in [-0.1, -0.05) is 0 Å². The van der Waals surface area contributed by atoms with Crippen molar-refractivity contribution in [3.05, 3.63) is 64.4 Å². The van der Waals surface area contributed by atoms with Crippen molar-refractivity contribution in [3.63, 3.8) is 0 Å². The van der Waals surface area contributed by atoms with Crippen LogP contribution >= 0.6 is 23.1 Å². The van der Waals surface area contributed by atoms with Crippen LogP contribution < -0.4 is 4.74 Å². The van der Waals surface area contributed by atoms with Crippen LogP contribution in [0.25, 0.3) is 0 Å². The van der Waals surface area contributed by atoms with Crippen LogP contribution in [0.15, 0.2) is 52.3 Å². The maximum Gasteiger partial charge on any atom is 0.257 e. The van der Waals surface area contributed by atoms with Crippen molar-refractivity contribution in [2.45, 2.75) is 36.6 Å². The number of thiophene rings is 1. The molecule has 3 aromatic rings. The number of ether oxygens (including phenoxy) is 1. The highest BCUT2D eigenvalue weighted by molar-refractivity contribution is 7.98. The van der Waals surface area contributed by atoms with E-state index in [-0.39, 0.29) is 5.91 Å². The van der Waals surface area contributed by atoms with Gasteiger partial charge in [-0.15, -0.1) is 11.8 Å². The third kappa shape index (κ3) is 4.57. The van der Waals surface area contributed by atoms with Crippen LogP contribution in [0.5, 0.6) is 5.75 Å². The number of aromatic nitrogens is 2. The van der Waals surface area contributed by atoms with Crippen molar-refractivity contribution in [2.24, 2.45) is 0 Å². The predicted molar refractivity (Wildman–Crippen MR) is 123 cm³/mol. The Morgan fingerprint density at radius 2 is 2.13 bits per heavy atom. The third-order valence-electron chi connectivity index (χ3n) is 5.76. The molecular weight excluding hydrogens is 414 g/mol. The second kappa shape index (κ2) is 9.71. The summed E-state index contributed by atoms with van der Waals surface area (Å²) in [5.41, 5.74) is 2.02. The van der Waals surface area contributed by atoms with Gasteiger partial charge in [-0.05, 0) is 66.1 Å². The number of likely N-dealkylation sites (tertiary alicyclic amines) is 1. The van der Waals surface area contributed by atoms with Crippen LogP contribution in [0.1, 0.15) is 40.5 Å². The van der Waals surface area contributed by atoms with E-state index >= 15 is 0 Å². The molecule has 0 saturated carbocycles. The minimum absolute atomic E-state index is 0.0544. The molecule has 1 saturated heterocycles. The van der Waals surface area contributed by atoms with Crippen LogP contribution in [0, 0.1) is 0 Å². The number of benzene rings is 1. The van der Waals surface area contributed by atoms with E-state index in [4.69, 9.17) is 4.74 Å². The number of aryl methyl sites for hydroxylation is 2. The average Bonchev–Trinajstić information content (AvgIpc) is 3.48. The Labute approximate surface area is 186 Å². The Kier molecular flexibility index (Phi) is 6.79. The van der Waals surface area contributed by atoms with Gasteiger partial charge in [-0.25, -0.2) is 4.98 Å². The summed E-state index contributed by atoms with van der Waals surface area (Å²) in [6.45, 7) is 2.44. The topological polar surface area (TPSA) is 47.4 Å². The maximum absolute atomic E-state index is 13.1. The smallest absolute Gasteiger partial charge is 0.257 e. The Balaban J connectivity index is 1.39. The molecule has 4 rings (SSSR count). The first-order valence-electron chi connectivity index (χ1n) is 10.2. The highest BCUT2D eigenvalue weighted by atomic mass is 32.2. The number of nitrogens with zero attached hydrogens (tertiary/aromatic N) is 3. The highest BCUT2D eigenvalue weighted by Crippen LogP contribution is 2.31. The van der Waals surface area contributed by atoms with Crippen molar-refractivity contribution in [3.8, 4) is 5.75 Å². The lowest BCUT2D eigenvalue weighted by molar-refractivity contribution is 0.0707. The molecule has 0 unspecified atom stereocenters. The van der Waals surface area contributed by atoms with Gasteiger partial charge >= 0.3 is 0 Å². The van der Waals surface area contributed by atoms with E-state index in [1.165, 1.54) is 5.56 Å². The van der Waals surface area contributed by atoms with Crippen LogP contribution in [0.3, 0.4) is 0 Å². The zero-order valence-corrected chi connectivity index (χ0v) is 19.0. The zero-order valence-electron chi connectivity index (χ0n) is 17.4. The molecule has 1 aromatic carbocycles. The molecule has 1 fully saturated rings. The first-order chi connectivity index (χ1) is 14.7. The standard InChI is InChI=1S/C23H27N3O2S2/c1-28-21-15-19(29-2)3-4-20(21)23(27)26-11-6-18(7-12-26)22-24-9-13-25(22)10-5-17-8-14-30-16-17/h3-4,8-9,13-16,18H,5-7,10-12H2,1-2H3. The molecule has 5 nitrogen and oxygen atoms in total. The van der Waals surface area contributed by atoms with Gasteiger partial charge in [0.1, 0.15) is 11.6 Å². The molecule has 1 aliphatic heterocycles. The van der Waals surface area contributed by atoms with Gasteiger partial charge in [0.25, 0.3) is 5.91 Å². The molecule has 30 heavy (non-hydrogen) atoms. The molecule has 0 spiro atoms. The molecule has 0 N–H and O–H groups in total. The molecule has 0 bridgehead atoms. The third-order valence-corrected chi connectivity index (χ3v) is 7.21. The number of amides is 1. The first-order valence-corrected chi connectivity index (χ1v) is 12.4. The molecule has 0 aliphatic carbocycles. The number of rotatable bonds is 7. The number of piperidine rings is 1. The average molecular weight is 442 g/mol. The normalized spacial score (nSPS) is 14.8. The fourth-order valence-corrected chi connectivity index (χ4v) is 5.17. The Morgan fingerprint density at radius 1 is 1.30 bits per heavy atom. The monoisotopic (exact) mass is 441 g/mol.